The molecule has 0 spiro atoms. The van der Waals surface area contributed by atoms with E-state index in [1.807, 2.05) is 32.0 Å². The molecule has 14 heavy (non-hydrogen) atoms. The Hall–Kier alpha value is -1.09. The summed E-state index contributed by atoms with van der Waals surface area (Å²) in [4.78, 5) is 11.3. The lowest BCUT2D eigenvalue weighted by molar-refractivity contribution is -0.111. The van der Waals surface area contributed by atoms with E-state index in [0.717, 1.165) is 15.7 Å². The minimum absolute atomic E-state index is 0.103. The van der Waals surface area contributed by atoms with E-state index < -0.39 is 0 Å². The number of allylic oxidation sites excluding steroid dienone is 1. The number of hydrogen-bond donors (Lipinski definition) is 1. The van der Waals surface area contributed by atoms with Gasteiger partial charge in [-0.05, 0) is 37.6 Å². The highest BCUT2D eigenvalue weighted by atomic mass is 79.9. The van der Waals surface area contributed by atoms with Gasteiger partial charge in [-0.3, -0.25) is 4.79 Å². The third-order valence-corrected chi connectivity index (χ3v) is 2.27. The maximum Gasteiger partial charge on any atom is 0.248 e. The van der Waals surface area contributed by atoms with Gasteiger partial charge in [-0.1, -0.05) is 28.1 Å². The van der Waals surface area contributed by atoms with E-state index in [9.17, 15) is 4.79 Å². The summed E-state index contributed by atoms with van der Waals surface area (Å²) in [6, 6.07) is 5.78. The lowest BCUT2D eigenvalue weighted by atomic mass is 10.2. The van der Waals surface area contributed by atoms with E-state index in [0.29, 0.717) is 0 Å². The molecule has 0 bridgehead atoms. The molecule has 74 valence electrons. The van der Waals surface area contributed by atoms with Crippen molar-refractivity contribution >= 4 is 27.5 Å². The maximum atomic E-state index is 11.3. The van der Waals surface area contributed by atoms with Crippen molar-refractivity contribution in [2.45, 2.75) is 13.8 Å². The van der Waals surface area contributed by atoms with E-state index >= 15 is 0 Å². The summed E-state index contributed by atoms with van der Waals surface area (Å²) in [5, 5.41) is 2.80. The van der Waals surface area contributed by atoms with Gasteiger partial charge in [0, 0.05) is 10.2 Å². The van der Waals surface area contributed by atoms with Gasteiger partial charge in [0.2, 0.25) is 5.91 Å². The lowest BCUT2D eigenvalue weighted by Gasteiger charge is -2.06. The molecular weight excluding hydrogens is 242 g/mol. The Balaban J connectivity index is 2.85. The van der Waals surface area contributed by atoms with Gasteiger partial charge in [-0.15, -0.1) is 0 Å². The second-order valence-corrected chi connectivity index (χ2v) is 3.86. The van der Waals surface area contributed by atoms with Crippen LogP contribution in [-0.4, -0.2) is 5.91 Å². The SMILES string of the molecule is C/C=C/C(=O)Nc1cc(Br)ccc1C. The van der Waals surface area contributed by atoms with Crippen LogP contribution in [0.25, 0.3) is 0 Å². The molecule has 0 saturated heterocycles. The zero-order valence-electron chi connectivity index (χ0n) is 8.17. The minimum Gasteiger partial charge on any atom is -0.322 e. The molecule has 0 radical (unpaired) electrons. The van der Waals surface area contributed by atoms with Crippen molar-refractivity contribution < 1.29 is 4.79 Å². The highest BCUT2D eigenvalue weighted by Crippen LogP contribution is 2.20. The number of benzene rings is 1. The summed E-state index contributed by atoms with van der Waals surface area (Å²) in [5.74, 6) is -0.103. The molecule has 0 aliphatic carbocycles. The number of hydrogen-bond acceptors (Lipinski definition) is 1. The third-order valence-electron chi connectivity index (χ3n) is 1.78. The fourth-order valence-corrected chi connectivity index (χ4v) is 1.42. The Kier molecular flexibility index (Phi) is 3.89. The van der Waals surface area contributed by atoms with E-state index in [-0.39, 0.29) is 5.91 Å². The lowest BCUT2D eigenvalue weighted by Crippen LogP contribution is -2.08. The topological polar surface area (TPSA) is 29.1 Å². The summed E-state index contributed by atoms with van der Waals surface area (Å²) < 4.78 is 0.957. The van der Waals surface area contributed by atoms with Crippen LogP contribution in [0.1, 0.15) is 12.5 Å². The van der Waals surface area contributed by atoms with Crippen LogP contribution in [0.15, 0.2) is 34.8 Å². The van der Waals surface area contributed by atoms with Gasteiger partial charge in [0.1, 0.15) is 0 Å². The molecule has 0 atom stereocenters. The van der Waals surface area contributed by atoms with Gasteiger partial charge in [-0.25, -0.2) is 0 Å². The van der Waals surface area contributed by atoms with Crippen LogP contribution in [0, 0.1) is 6.92 Å². The zero-order valence-corrected chi connectivity index (χ0v) is 9.76. The van der Waals surface area contributed by atoms with Gasteiger partial charge in [0.15, 0.2) is 0 Å². The molecule has 2 nitrogen and oxygen atoms in total. The van der Waals surface area contributed by atoms with Crippen LogP contribution in [0.2, 0.25) is 0 Å². The smallest absolute Gasteiger partial charge is 0.248 e. The average molecular weight is 254 g/mol. The number of nitrogens with one attached hydrogen (secondary N) is 1. The molecule has 0 aliphatic rings. The molecule has 3 heteroatoms. The molecule has 0 unspecified atom stereocenters. The molecule has 1 aromatic carbocycles. The Morgan fingerprint density at radius 3 is 2.86 bits per heavy atom. The molecule has 0 aliphatic heterocycles. The summed E-state index contributed by atoms with van der Waals surface area (Å²) >= 11 is 3.36. The van der Waals surface area contributed by atoms with Crippen LogP contribution in [-0.2, 0) is 4.79 Å². The molecule has 0 aromatic heterocycles. The van der Waals surface area contributed by atoms with Crippen molar-refractivity contribution in [3.63, 3.8) is 0 Å². The van der Waals surface area contributed by atoms with Crippen LogP contribution >= 0.6 is 15.9 Å². The van der Waals surface area contributed by atoms with Gasteiger partial charge in [0.25, 0.3) is 0 Å². The van der Waals surface area contributed by atoms with Gasteiger partial charge in [-0.2, -0.15) is 0 Å². The molecule has 1 N–H and O–H groups in total. The first kappa shape index (κ1) is 11.0. The Morgan fingerprint density at radius 1 is 1.50 bits per heavy atom. The monoisotopic (exact) mass is 253 g/mol. The predicted molar refractivity (Wildman–Crippen MR) is 62.3 cm³/mol. The van der Waals surface area contributed by atoms with E-state index in [1.54, 1.807) is 6.08 Å². The predicted octanol–water partition coefficient (Wildman–Crippen LogP) is 3.27. The maximum absolute atomic E-state index is 11.3. The molecule has 0 heterocycles. The van der Waals surface area contributed by atoms with Gasteiger partial charge < -0.3 is 5.32 Å². The van der Waals surface area contributed by atoms with Crippen LogP contribution in [0.5, 0.6) is 0 Å². The second kappa shape index (κ2) is 4.96. The van der Waals surface area contributed by atoms with Crippen molar-refractivity contribution in [3.05, 3.63) is 40.4 Å². The number of carbonyl (C=O) groups is 1. The van der Waals surface area contributed by atoms with E-state index in [4.69, 9.17) is 0 Å². The normalized spacial score (nSPS) is 10.5. The number of anilines is 1. The highest BCUT2D eigenvalue weighted by molar-refractivity contribution is 9.10. The van der Waals surface area contributed by atoms with Crippen LogP contribution in [0.4, 0.5) is 5.69 Å². The first-order valence-corrected chi connectivity index (χ1v) is 5.12. The molecule has 0 fully saturated rings. The molecule has 1 aromatic rings. The van der Waals surface area contributed by atoms with E-state index in [2.05, 4.69) is 21.2 Å². The summed E-state index contributed by atoms with van der Waals surface area (Å²) in [6.45, 7) is 3.77. The summed E-state index contributed by atoms with van der Waals surface area (Å²) in [7, 11) is 0. The van der Waals surface area contributed by atoms with Crippen LogP contribution < -0.4 is 5.32 Å². The fraction of sp³-hybridized carbons (Fsp3) is 0.182. The van der Waals surface area contributed by atoms with Crippen LogP contribution in [0.3, 0.4) is 0 Å². The summed E-state index contributed by atoms with van der Waals surface area (Å²) in [6.07, 6.45) is 3.21. The molecule has 0 saturated carbocycles. The quantitative estimate of drug-likeness (QED) is 0.806. The van der Waals surface area contributed by atoms with Crippen molar-refractivity contribution in [3.8, 4) is 0 Å². The van der Waals surface area contributed by atoms with Gasteiger partial charge in [0.05, 0.1) is 0 Å². The number of rotatable bonds is 2. The van der Waals surface area contributed by atoms with E-state index in [1.165, 1.54) is 6.08 Å². The van der Waals surface area contributed by atoms with Crippen molar-refractivity contribution in [2.24, 2.45) is 0 Å². The fourth-order valence-electron chi connectivity index (χ4n) is 1.05. The Morgan fingerprint density at radius 2 is 2.21 bits per heavy atom. The van der Waals surface area contributed by atoms with Crippen molar-refractivity contribution in [1.29, 1.82) is 0 Å². The number of halogens is 1. The van der Waals surface area contributed by atoms with Crippen molar-refractivity contribution in [2.75, 3.05) is 5.32 Å². The third kappa shape index (κ3) is 3.00. The minimum atomic E-state index is -0.103. The standard InChI is InChI=1S/C11H12BrNO/c1-3-4-11(14)13-10-7-9(12)6-5-8(10)2/h3-7H,1-2H3,(H,13,14)/b4-3+. The first-order chi connectivity index (χ1) is 6.63. The Bertz CT molecular complexity index is 372. The number of carbonyl (C=O) groups excluding carboxylic acids is 1. The molecule has 1 amide bonds. The highest BCUT2D eigenvalue weighted by Gasteiger charge is 2.01. The molecule has 1 rings (SSSR count). The largest absolute Gasteiger partial charge is 0.322 e. The molecular formula is C11H12BrNO. The van der Waals surface area contributed by atoms with Crippen molar-refractivity contribution in [1.82, 2.24) is 0 Å². The zero-order chi connectivity index (χ0) is 10.6. The van der Waals surface area contributed by atoms with Gasteiger partial charge >= 0.3 is 0 Å². The second-order valence-electron chi connectivity index (χ2n) is 2.95. The number of aryl methyl sites for hydroxylation is 1. The first-order valence-electron chi connectivity index (χ1n) is 4.33. The number of amides is 1. The summed E-state index contributed by atoms with van der Waals surface area (Å²) in [5.41, 5.74) is 1.88. The average Bonchev–Trinajstić information content (AvgIpc) is 2.12. The Labute approximate surface area is 92.1 Å².